The Hall–Kier alpha value is -2.57. The summed E-state index contributed by atoms with van der Waals surface area (Å²) < 4.78 is 10.2. The highest BCUT2D eigenvalue weighted by molar-refractivity contribution is 5.80. The van der Waals surface area contributed by atoms with E-state index in [9.17, 15) is 0 Å². The monoisotopic (exact) mass is 343 g/mol. The Morgan fingerprint density at radius 2 is 2.20 bits per heavy atom. The normalized spacial score (nSPS) is 17.8. The fourth-order valence-electron chi connectivity index (χ4n) is 3.08. The number of methoxy groups -OCH3 is 1. The quantitative estimate of drug-likeness (QED) is 0.663. The van der Waals surface area contributed by atoms with Crippen molar-refractivity contribution in [3.63, 3.8) is 0 Å². The summed E-state index contributed by atoms with van der Waals surface area (Å²) >= 11 is 0. The summed E-state index contributed by atoms with van der Waals surface area (Å²) in [7, 11) is 1.69. The average molecular weight is 343 g/mol. The van der Waals surface area contributed by atoms with Gasteiger partial charge in [-0.3, -0.25) is 0 Å². The molecule has 1 unspecified atom stereocenters. The van der Waals surface area contributed by atoms with Gasteiger partial charge in [-0.05, 0) is 31.0 Å². The first-order valence-corrected chi connectivity index (χ1v) is 8.66. The summed E-state index contributed by atoms with van der Waals surface area (Å²) in [6, 6.07) is 8.35. The fraction of sp³-hybridized carbons (Fsp3) is 0.500. The van der Waals surface area contributed by atoms with E-state index in [4.69, 9.17) is 9.26 Å². The van der Waals surface area contributed by atoms with Crippen molar-refractivity contribution >= 4 is 5.96 Å². The van der Waals surface area contributed by atoms with Gasteiger partial charge in [-0.1, -0.05) is 17.3 Å². The number of nitrogens with one attached hydrogen (secondary N) is 1. The molecule has 1 aliphatic rings. The molecule has 0 bridgehead atoms. The van der Waals surface area contributed by atoms with E-state index in [1.807, 2.05) is 12.1 Å². The van der Waals surface area contributed by atoms with Gasteiger partial charge in [-0.25, -0.2) is 4.99 Å². The van der Waals surface area contributed by atoms with Crippen molar-refractivity contribution < 1.29 is 9.26 Å². The second-order valence-corrected chi connectivity index (χ2v) is 6.10. The highest BCUT2D eigenvalue weighted by atomic mass is 16.5. The van der Waals surface area contributed by atoms with Crippen LogP contribution in [0.5, 0.6) is 5.75 Å². The molecule has 1 aromatic heterocycles. The van der Waals surface area contributed by atoms with Crippen LogP contribution in [0.2, 0.25) is 0 Å². The van der Waals surface area contributed by atoms with Crippen LogP contribution < -0.4 is 10.1 Å². The zero-order chi connectivity index (χ0) is 17.6. The first kappa shape index (κ1) is 17.3. The average Bonchev–Trinajstić information content (AvgIpc) is 3.28. The van der Waals surface area contributed by atoms with Crippen LogP contribution >= 0.6 is 0 Å². The lowest BCUT2D eigenvalue weighted by Crippen LogP contribution is -2.40. The predicted molar refractivity (Wildman–Crippen MR) is 95.8 cm³/mol. The highest BCUT2D eigenvalue weighted by Crippen LogP contribution is 2.28. The topological polar surface area (TPSA) is 75.8 Å². The molecule has 1 aromatic carbocycles. The lowest BCUT2D eigenvalue weighted by Gasteiger charge is -2.21. The van der Waals surface area contributed by atoms with Gasteiger partial charge in [-0.2, -0.15) is 4.98 Å². The van der Waals surface area contributed by atoms with Crippen LogP contribution in [0.25, 0.3) is 0 Å². The minimum atomic E-state index is 0.420. The molecule has 1 aliphatic heterocycles. The zero-order valence-corrected chi connectivity index (χ0v) is 15.0. The van der Waals surface area contributed by atoms with Gasteiger partial charge in [-0.15, -0.1) is 0 Å². The third-order valence-corrected chi connectivity index (χ3v) is 4.35. The van der Waals surface area contributed by atoms with E-state index < -0.39 is 0 Å². The first-order valence-electron chi connectivity index (χ1n) is 8.66. The van der Waals surface area contributed by atoms with E-state index in [0.717, 1.165) is 37.8 Å². The summed E-state index contributed by atoms with van der Waals surface area (Å²) in [6.45, 7) is 7.03. The van der Waals surface area contributed by atoms with E-state index in [2.05, 4.69) is 44.4 Å². The van der Waals surface area contributed by atoms with Crippen LogP contribution in [0, 0.1) is 6.92 Å². The van der Waals surface area contributed by atoms with Crippen molar-refractivity contribution in [3.8, 4) is 5.75 Å². The zero-order valence-electron chi connectivity index (χ0n) is 15.0. The number of ether oxygens (including phenoxy) is 1. The van der Waals surface area contributed by atoms with Gasteiger partial charge in [0.15, 0.2) is 11.8 Å². The second-order valence-electron chi connectivity index (χ2n) is 6.10. The van der Waals surface area contributed by atoms with Crippen molar-refractivity contribution in [2.45, 2.75) is 32.7 Å². The van der Waals surface area contributed by atoms with Crippen molar-refractivity contribution in [2.24, 2.45) is 4.99 Å². The van der Waals surface area contributed by atoms with Crippen molar-refractivity contribution in [2.75, 3.05) is 26.7 Å². The number of hydrogen-bond acceptors (Lipinski definition) is 5. The molecule has 0 amide bonds. The van der Waals surface area contributed by atoms with Gasteiger partial charge in [0.1, 0.15) is 12.3 Å². The first-order chi connectivity index (χ1) is 12.2. The number of aryl methyl sites for hydroxylation is 1. The van der Waals surface area contributed by atoms with E-state index in [-0.39, 0.29) is 0 Å². The van der Waals surface area contributed by atoms with Gasteiger partial charge in [0.2, 0.25) is 5.89 Å². The minimum Gasteiger partial charge on any atom is -0.497 e. The van der Waals surface area contributed by atoms with Gasteiger partial charge in [0.05, 0.1) is 7.11 Å². The molecular formula is C18H25N5O2. The summed E-state index contributed by atoms with van der Waals surface area (Å²) in [5.74, 6) is 3.47. The Morgan fingerprint density at radius 1 is 1.40 bits per heavy atom. The number of hydrogen-bond donors (Lipinski definition) is 1. The van der Waals surface area contributed by atoms with E-state index in [1.165, 1.54) is 5.56 Å². The fourth-order valence-corrected chi connectivity index (χ4v) is 3.08. The molecule has 2 aromatic rings. The number of likely N-dealkylation sites (tertiary alicyclic amines) is 1. The molecule has 1 fully saturated rings. The molecule has 2 heterocycles. The predicted octanol–water partition coefficient (Wildman–Crippen LogP) is 2.34. The number of benzene rings is 1. The molecule has 7 nitrogen and oxygen atoms in total. The number of nitrogens with zero attached hydrogens (tertiary/aromatic N) is 4. The maximum absolute atomic E-state index is 5.24. The number of aromatic nitrogens is 2. The van der Waals surface area contributed by atoms with Crippen molar-refractivity contribution in [3.05, 3.63) is 41.5 Å². The number of aliphatic imine (C=N–C) groups is 1. The van der Waals surface area contributed by atoms with Gasteiger partial charge in [0, 0.05) is 32.5 Å². The molecule has 25 heavy (non-hydrogen) atoms. The van der Waals surface area contributed by atoms with Crippen LogP contribution in [0.15, 0.2) is 33.8 Å². The lowest BCUT2D eigenvalue weighted by molar-refractivity contribution is 0.387. The highest BCUT2D eigenvalue weighted by Gasteiger charge is 2.26. The smallest absolute Gasteiger partial charge is 0.223 e. The van der Waals surface area contributed by atoms with Crippen LogP contribution in [0.4, 0.5) is 0 Å². The maximum Gasteiger partial charge on any atom is 0.223 e. The van der Waals surface area contributed by atoms with Crippen LogP contribution in [0.3, 0.4) is 0 Å². The Morgan fingerprint density at radius 3 is 2.84 bits per heavy atom. The van der Waals surface area contributed by atoms with Gasteiger partial charge < -0.3 is 19.5 Å². The van der Waals surface area contributed by atoms with E-state index in [0.29, 0.717) is 24.2 Å². The number of guanidine groups is 1. The molecule has 1 saturated heterocycles. The van der Waals surface area contributed by atoms with Crippen molar-refractivity contribution in [1.29, 1.82) is 0 Å². The van der Waals surface area contributed by atoms with Crippen LogP contribution in [-0.2, 0) is 6.54 Å². The van der Waals surface area contributed by atoms with E-state index in [1.54, 1.807) is 14.0 Å². The maximum atomic E-state index is 5.24. The van der Waals surface area contributed by atoms with Gasteiger partial charge >= 0.3 is 0 Å². The second kappa shape index (κ2) is 8.00. The largest absolute Gasteiger partial charge is 0.497 e. The lowest BCUT2D eigenvalue weighted by atomic mass is 9.98. The Labute approximate surface area is 148 Å². The summed E-state index contributed by atoms with van der Waals surface area (Å²) in [4.78, 5) is 11.2. The number of rotatable bonds is 5. The summed E-state index contributed by atoms with van der Waals surface area (Å²) in [5, 5.41) is 7.26. The molecule has 134 valence electrons. The molecular weight excluding hydrogens is 318 g/mol. The standard InChI is InChI=1S/C18H25N5O2/c1-4-19-18(20-11-17-21-13(2)25-22-17)23-10-9-15(12-23)14-5-7-16(24-3)8-6-14/h5-8,15H,4,9-12H2,1-3H3,(H,19,20). The molecule has 3 rings (SSSR count). The molecule has 7 heteroatoms. The third kappa shape index (κ3) is 4.29. The molecule has 1 atom stereocenters. The van der Waals surface area contributed by atoms with Gasteiger partial charge in [0.25, 0.3) is 0 Å². The minimum absolute atomic E-state index is 0.420. The molecule has 1 N–H and O–H groups in total. The SMILES string of the molecule is CCNC(=NCc1noc(C)n1)N1CCC(c2ccc(OC)cc2)C1. The Kier molecular flexibility index (Phi) is 5.53. The summed E-state index contributed by atoms with van der Waals surface area (Å²) in [6.07, 6.45) is 1.11. The van der Waals surface area contributed by atoms with Crippen molar-refractivity contribution in [1.82, 2.24) is 20.4 Å². The van der Waals surface area contributed by atoms with E-state index >= 15 is 0 Å². The van der Waals surface area contributed by atoms with Crippen LogP contribution in [-0.4, -0.2) is 47.7 Å². The summed E-state index contributed by atoms with van der Waals surface area (Å²) in [5.41, 5.74) is 1.34. The molecule has 0 aliphatic carbocycles. The molecule has 0 radical (unpaired) electrons. The van der Waals surface area contributed by atoms with Crippen LogP contribution in [0.1, 0.15) is 36.5 Å². The molecule has 0 spiro atoms. The Balaban J connectivity index is 1.66. The third-order valence-electron chi connectivity index (χ3n) is 4.35. The molecule has 0 saturated carbocycles. The Bertz CT molecular complexity index is 711.